The molecule has 0 amide bonds. The van der Waals surface area contributed by atoms with Gasteiger partial charge in [-0.25, -0.2) is 9.37 Å². The molecule has 1 N–H and O–H groups in total. The van der Waals surface area contributed by atoms with E-state index in [1.165, 1.54) is 24.5 Å². The molecule has 1 aliphatic heterocycles. The molecule has 1 fully saturated rings. The van der Waals surface area contributed by atoms with Gasteiger partial charge in [-0.2, -0.15) is 14.6 Å². The molecule has 1 aliphatic carbocycles. The summed E-state index contributed by atoms with van der Waals surface area (Å²) in [6.45, 7) is 4.62. The van der Waals surface area contributed by atoms with Gasteiger partial charge in [0.1, 0.15) is 11.6 Å². The predicted molar refractivity (Wildman–Crippen MR) is 139 cm³/mol. The van der Waals surface area contributed by atoms with Crippen molar-refractivity contribution >= 4 is 34.5 Å². The highest BCUT2D eigenvalue weighted by molar-refractivity contribution is 6.33. The smallest absolute Gasteiger partial charge is 0.232 e. The van der Waals surface area contributed by atoms with E-state index in [0.717, 1.165) is 42.6 Å². The highest BCUT2D eigenvalue weighted by Crippen LogP contribution is 2.36. The van der Waals surface area contributed by atoms with Gasteiger partial charge in [-0.3, -0.25) is 4.90 Å². The van der Waals surface area contributed by atoms with Crippen LogP contribution in [0.4, 0.5) is 16.0 Å². The van der Waals surface area contributed by atoms with Crippen LogP contribution in [-0.4, -0.2) is 50.2 Å². The average Bonchev–Trinajstić information content (AvgIpc) is 3.62. The number of nitrogens with zero attached hydrogens (tertiary/aromatic N) is 5. The van der Waals surface area contributed by atoms with Crippen molar-refractivity contribution in [3.63, 3.8) is 0 Å². The Kier molecular flexibility index (Phi) is 6.07. The van der Waals surface area contributed by atoms with Crippen molar-refractivity contribution in [2.24, 2.45) is 0 Å². The summed E-state index contributed by atoms with van der Waals surface area (Å²) in [7, 11) is 0. The second kappa shape index (κ2) is 9.52. The van der Waals surface area contributed by atoms with Gasteiger partial charge in [-0.1, -0.05) is 23.7 Å². The van der Waals surface area contributed by atoms with Crippen LogP contribution in [0.2, 0.25) is 5.02 Å². The Balaban J connectivity index is 1.34. The zero-order valence-corrected chi connectivity index (χ0v) is 20.7. The molecule has 3 heterocycles. The number of hydrogen-bond acceptors (Lipinski definition) is 6. The zero-order chi connectivity index (χ0) is 24.6. The molecular weight excluding hydrogens is 479 g/mol. The van der Waals surface area contributed by atoms with Crippen LogP contribution in [0, 0.1) is 5.82 Å². The fourth-order valence-electron chi connectivity index (χ4n) is 4.70. The molecule has 184 valence electrons. The van der Waals surface area contributed by atoms with Crippen molar-refractivity contribution in [2.45, 2.75) is 32.2 Å². The number of aromatic nitrogens is 4. The Labute approximate surface area is 213 Å². The van der Waals surface area contributed by atoms with Crippen LogP contribution in [0.3, 0.4) is 0 Å². The highest BCUT2D eigenvalue weighted by Gasteiger charge is 2.30. The SMILES string of the molecule is CCOc1cc(Nc2nc(-c3c(F)cccc3Cl)nc3ccnn23)ccc1C1=CCN(C2CC2)CC1. The van der Waals surface area contributed by atoms with E-state index in [1.807, 2.05) is 19.1 Å². The largest absolute Gasteiger partial charge is 0.493 e. The highest BCUT2D eigenvalue weighted by atomic mass is 35.5. The average molecular weight is 505 g/mol. The van der Waals surface area contributed by atoms with Crippen molar-refractivity contribution in [1.82, 2.24) is 24.5 Å². The minimum absolute atomic E-state index is 0.153. The van der Waals surface area contributed by atoms with Crippen LogP contribution in [0.1, 0.15) is 31.7 Å². The van der Waals surface area contributed by atoms with Gasteiger partial charge >= 0.3 is 0 Å². The van der Waals surface area contributed by atoms with Gasteiger partial charge in [-0.05, 0) is 56.0 Å². The molecule has 0 saturated heterocycles. The summed E-state index contributed by atoms with van der Waals surface area (Å²) in [6.07, 6.45) is 7.61. The van der Waals surface area contributed by atoms with E-state index in [9.17, 15) is 4.39 Å². The van der Waals surface area contributed by atoms with Gasteiger partial charge in [0, 0.05) is 42.5 Å². The molecule has 2 aromatic heterocycles. The Bertz CT molecular complexity index is 1440. The Morgan fingerprint density at radius 1 is 1.17 bits per heavy atom. The van der Waals surface area contributed by atoms with Gasteiger partial charge in [0.2, 0.25) is 5.95 Å². The molecule has 0 spiro atoms. The first-order valence-corrected chi connectivity index (χ1v) is 12.6. The molecule has 0 unspecified atom stereocenters. The molecule has 1 saturated carbocycles. The van der Waals surface area contributed by atoms with E-state index in [4.69, 9.17) is 16.3 Å². The van der Waals surface area contributed by atoms with Crippen molar-refractivity contribution in [2.75, 3.05) is 25.0 Å². The quantitative estimate of drug-likeness (QED) is 0.334. The summed E-state index contributed by atoms with van der Waals surface area (Å²) in [5.41, 5.74) is 3.88. The molecular formula is C27H26ClFN6O. The lowest BCUT2D eigenvalue weighted by atomic mass is 9.98. The molecule has 4 aromatic rings. The molecule has 2 aliphatic rings. The van der Waals surface area contributed by atoms with Crippen molar-refractivity contribution in [1.29, 1.82) is 0 Å². The second-order valence-electron chi connectivity index (χ2n) is 9.04. The lowest BCUT2D eigenvalue weighted by Crippen LogP contribution is -2.30. The van der Waals surface area contributed by atoms with Crippen LogP contribution in [0.25, 0.3) is 22.6 Å². The summed E-state index contributed by atoms with van der Waals surface area (Å²) in [6, 6.07) is 13.1. The first kappa shape index (κ1) is 22.9. The number of anilines is 2. The van der Waals surface area contributed by atoms with Gasteiger partial charge < -0.3 is 10.1 Å². The van der Waals surface area contributed by atoms with E-state index < -0.39 is 5.82 Å². The third-order valence-electron chi connectivity index (χ3n) is 6.63. The topological polar surface area (TPSA) is 67.6 Å². The zero-order valence-electron chi connectivity index (χ0n) is 19.9. The van der Waals surface area contributed by atoms with Crippen LogP contribution in [0.15, 0.2) is 54.7 Å². The van der Waals surface area contributed by atoms with Crippen LogP contribution >= 0.6 is 11.6 Å². The first-order chi connectivity index (χ1) is 17.6. The normalized spacial score (nSPS) is 16.2. The Morgan fingerprint density at radius 2 is 2.06 bits per heavy atom. The third kappa shape index (κ3) is 4.42. The second-order valence-corrected chi connectivity index (χ2v) is 9.45. The van der Waals surface area contributed by atoms with E-state index in [1.54, 1.807) is 28.9 Å². The maximum Gasteiger partial charge on any atom is 0.232 e. The summed E-state index contributed by atoms with van der Waals surface area (Å²) >= 11 is 6.29. The number of hydrogen-bond donors (Lipinski definition) is 1. The van der Waals surface area contributed by atoms with E-state index >= 15 is 0 Å². The minimum Gasteiger partial charge on any atom is -0.493 e. The third-order valence-corrected chi connectivity index (χ3v) is 6.94. The fourth-order valence-corrected chi connectivity index (χ4v) is 4.95. The summed E-state index contributed by atoms with van der Waals surface area (Å²) in [5, 5.41) is 7.89. The molecule has 9 heteroatoms. The molecule has 6 rings (SSSR count). The van der Waals surface area contributed by atoms with Gasteiger partial charge in [-0.15, -0.1) is 0 Å². The van der Waals surface area contributed by atoms with Gasteiger partial charge in [0.15, 0.2) is 11.5 Å². The van der Waals surface area contributed by atoms with Crippen molar-refractivity contribution in [3.8, 4) is 17.1 Å². The number of fused-ring (bicyclic) bond motifs is 1. The monoisotopic (exact) mass is 504 g/mol. The van der Waals surface area contributed by atoms with Crippen molar-refractivity contribution < 1.29 is 9.13 Å². The predicted octanol–water partition coefficient (Wildman–Crippen LogP) is 5.98. The van der Waals surface area contributed by atoms with Crippen LogP contribution in [-0.2, 0) is 0 Å². The molecule has 0 atom stereocenters. The Hall–Kier alpha value is -3.49. The Morgan fingerprint density at radius 3 is 2.81 bits per heavy atom. The number of rotatable bonds is 7. The fraction of sp³-hybridized carbons (Fsp3) is 0.296. The molecule has 0 radical (unpaired) electrons. The van der Waals surface area contributed by atoms with Crippen molar-refractivity contribution in [3.05, 3.63) is 71.1 Å². The number of nitrogens with one attached hydrogen (secondary N) is 1. The van der Waals surface area contributed by atoms with E-state index in [-0.39, 0.29) is 16.4 Å². The maximum absolute atomic E-state index is 14.6. The number of ether oxygens (including phenoxy) is 1. The molecule has 36 heavy (non-hydrogen) atoms. The lowest BCUT2D eigenvalue weighted by Gasteiger charge is -2.27. The number of benzene rings is 2. The standard InChI is InChI=1S/C27H26ClFN6O/c1-2-36-23-16-18(6-9-20(23)17-11-14-34(15-12-17)19-7-8-19)31-27-33-26(32-24-10-13-30-35(24)27)25-21(28)4-3-5-22(25)29/h3-6,9-11,13,16,19H,2,7-8,12,14-15H2,1H3,(H,31,32,33). The van der Waals surface area contributed by atoms with Crippen LogP contribution in [0.5, 0.6) is 5.75 Å². The molecule has 7 nitrogen and oxygen atoms in total. The van der Waals surface area contributed by atoms with Gasteiger partial charge in [0.25, 0.3) is 0 Å². The molecule has 2 aromatic carbocycles. The first-order valence-electron chi connectivity index (χ1n) is 12.2. The van der Waals surface area contributed by atoms with E-state index in [2.05, 4.69) is 37.4 Å². The lowest BCUT2D eigenvalue weighted by molar-refractivity contribution is 0.291. The van der Waals surface area contributed by atoms with Gasteiger partial charge in [0.05, 0.1) is 23.4 Å². The summed E-state index contributed by atoms with van der Waals surface area (Å²) < 4.78 is 22.2. The maximum atomic E-state index is 14.6. The van der Waals surface area contributed by atoms with E-state index in [0.29, 0.717) is 18.2 Å². The number of halogens is 2. The minimum atomic E-state index is -0.485. The summed E-state index contributed by atoms with van der Waals surface area (Å²) in [4.78, 5) is 11.6. The molecule has 0 bridgehead atoms. The summed E-state index contributed by atoms with van der Waals surface area (Å²) in [5.74, 6) is 0.910. The van der Waals surface area contributed by atoms with Crippen LogP contribution < -0.4 is 10.1 Å².